The lowest BCUT2D eigenvalue weighted by atomic mass is 10.2. The number of halogens is 1. The van der Waals surface area contributed by atoms with Crippen LogP contribution in [0.3, 0.4) is 0 Å². The first-order chi connectivity index (χ1) is 8.79. The van der Waals surface area contributed by atoms with Gasteiger partial charge in [-0.05, 0) is 36.4 Å². The summed E-state index contributed by atoms with van der Waals surface area (Å²) in [5.74, 6) is -0.153. The van der Waals surface area contributed by atoms with Crippen molar-refractivity contribution in [2.24, 2.45) is 0 Å². The fraction of sp³-hybridized carbons (Fsp3) is 0.200. The second-order valence-corrected chi connectivity index (χ2v) is 5.08. The molecule has 0 unspecified atom stereocenters. The minimum absolute atomic E-state index is 0.153. The molecule has 0 atom stereocenters. The lowest BCUT2D eigenvalue weighted by Crippen LogP contribution is -2.11. The van der Waals surface area contributed by atoms with Crippen LogP contribution in [0, 0.1) is 5.82 Å². The van der Waals surface area contributed by atoms with Gasteiger partial charge in [-0.3, -0.25) is 0 Å². The highest BCUT2D eigenvalue weighted by Gasteiger charge is 2.05. The zero-order chi connectivity index (χ0) is 12.8. The molecule has 0 aromatic heterocycles. The molecular weight excluding hydrogens is 245 g/mol. The first kappa shape index (κ1) is 13.1. The van der Waals surface area contributed by atoms with E-state index in [4.69, 9.17) is 0 Å². The molecule has 18 heavy (non-hydrogen) atoms. The molecule has 1 nitrogen and oxygen atoms in total. The lowest BCUT2D eigenvalue weighted by Gasteiger charge is -2.06. The zero-order valence-corrected chi connectivity index (χ0v) is 11.1. The van der Waals surface area contributed by atoms with Crippen molar-refractivity contribution in [1.82, 2.24) is 5.32 Å². The third-order valence-corrected chi connectivity index (χ3v) is 3.61. The van der Waals surface area contributed by atoms with Gasteiger partial charge in [-0.1, -0.05) is 43.0 Å². The maximum absolute atomic E-state index is 13.9. The topological polar surface area (TPSA) is 12.0 Å². The van der Waals surface area contributed by atoms with Gasteiger partial charge in [0.2, 0.25) is 0 Å². The third kappa shape index (κ3) is 3.59. The predicted molar refractivity (Wildman–Crippen MR) is 74.3 cm³/mol. The Balaban J connectivity index is 2.10. The monoisotopic (exact) mass is 261 g/mol. The van der Waals surface area contributed by atoms with Crippen LogP contribution in [0.2, 0.25) is 0 Å². The van der Waals surface area contributed by atoms with Gasteiger partial charge in [-0.15, -0.1) is 0 Å². The number of hydrogen-bond acceptors (Lipinski definition) is 2. The maximum Gasteiger partial charge on any atom is 0.137 e. The van der Waals surface area contributed by atoms with E-state index in [1.54, 1.807) is 6.07 Å². The summed E-state index contributed by atoms with van der Waals surface area (Å²) in [7, 11) is 0. The van der Waals surface area contributed by atoms with Gasteiger partial charge < -0.3 is 5.32 Å². The van der Waals surface area contributed by atoms with E-state index in [1.165, 1.54) is 11.8 Å². The Hall–Kier alpha value is -1.32. The van der Waals surface area contributed by atoms with Crippen molar-refractivity contribution in [2.45, 2.75) is 23.3 Å². The quantitative estimate of drug-likeness (QED) is 0.870. The number of rotatable bonds is 5. The largest absolute Gasteiger partial charge is 0.313 e. The standard InChI is InChI=1S/C15H16FNS/c1-2-17-11-12-8-9-15(14(16)10-12)18-13-6-4-3-5-7-13/h3-10,17H,2,11H2,1H3. The minimum Gasteiger partial charge on any atom is -0.313 e. The fourth-order valence-corrected chi connectivity index (χ4v) is 2.46. The summed E-state index contributed by atoms with van der Waals surface area (Å²) in [5, 5.41) is 3.19. The Bertz CT molecular complexity index is 499. The normalized spacial score (nSPS) is 10.6. The SMILES string of the molecule is CCNCc1ccc(Sc2ccccc2)c(F)c1. The van der Waals surface area contributed by atoms with Gasteiger partial charge in [-0.2, -0.15) is 0 Å². The van der Waals surface area contributed by atoms with Gasteiger partial charge in [0.05, 0.1) is 0 Å². The second-order valence-electron chi connectivity index (χ2n) is 3.96. The van der Waals surface area contributed by atoms with Crippen LogP contribution in [-0.2, 0) is 6.54 Å². The molecule has 0 saturated heterocycles. The third-order valence-electron chi connectivity index (χ3n) is 2.55. The molecule has 0 fully saturated rings. The molecular formula is C15H16FNS. The van der Waals surface area contributed by atoms with Gasteiger partial charge in [0.15, 0.2) is 0 Å². The summed E-state index contributed by atoms with van der Waals surface area (Å²) in [6.45, 7) is 3.64. The molecule has 0 heterocycles. The molecule has 2 rings (SSSR count). The van der Waals surface area contributed by atoms with Crippen LogP contribution < -0.4 is 5.32 Å². The molecule has 2 aromatic rings. The Morgan fingerprint density at radius 3 is 2.56 bits per heavy atom. The predicted octanol–water partition coefficient (Wildman–Crippen LogP) is 4.09. The summed E-state index contributed by atoms with van der Waals surface area (Å²) in [5.41, 5.74) is 0.978. The van der Waals surface area contributed by atoms with E-state index in [-0.39, 0.29) is 5.82 Å². The van der Waals surface area contributed by atoms with Crippen molar-refractivity contribution >= 4 is 11.8 Å². The Morgan fingerprint density at radius 1 is 1.11 bits per heavy atom. The average Bonchev–Trinajstić information content (AvgIpc) is 2.40. The van der Waals surface area contributed by atoms with E-state index in [2.05, 4.69) is 5.32 Å². The molecule has 0 bridgehead atoms. The average molecular weight is 261 g/mol. The number of hydrogen-bond donors (Lipinski definition) is 1. The van der Waals surface area contributed by atoms with E-state index in [0.717, 1.165) is 17.0 Å². The fourth-order valence-electron chi connectivity index (χ4n) is 1.62. The van der Waals surface area contributed by atoms with Crippen molar-refractivity contribution in [3.8, 4) is 0 Å². The molecule has 0 aliphatic rings. The highest BCUT2D eigenvalue weighted by atomic mass is 32.2. The van der Waals surface area contributed by atoms with Gasteiger partial charge in [0, 0.05) is 16.3 Å². The van der Waals surface area contributed by atoms with Crippen LogP contribution in [0.5, 0.6) is 0 Å². The first-order valence-corrected chi connectivity index (χ1v) is 6.83. The van der Waals surface area contributed by atoms with Crippen LogP contribution >= 0.6 is 11.8 Å². The van der Waals surface area contributed by atoms with Crippen LogP contribution in [-0.4, -0.2) is 6.54 Å². The first-order valence-electron chi connectivity index (χ1n) is 6.01. The molecule has 0 spiro atoms. The molecule has 2 aromatic carbocycles. The van der Waals surface area contributed by atoms with Crippen LogP contribution in [0.25, 0.3) is 0 Å². The molecule has 3 heteroatoms. The molecule has 0 aliphatic carbocycles. The summed E-state index contributed by atoms with van der Waals surface area (Å²) in [6, 6.07) is 15.3. The van der Waals surface area contributed by atoms with Gasteiger partial charge in [0.1, 0.15) is 5.82 Å². The molecule has 0 aliphatic heterocycles. The Labute approximate surface area is 111 Å². The van der Waals surface area contributed by atoms with Crippen LogP contribution in [0.15, 0.2) is 58.3 Å². The Kier molecular flexibility index (Phi) is 4.79. The summed E-state index contributed by atoms with van der Waals surface area (Å²) < 4.78 is 13.9. The minimum atomic E-state index is -0.153. The summed E-state index contributed by atoms with van der Waals surface area (Å²) in [4.78, 5) is 1.72. The highest BCUT2D eigenvalue weighted by Crippen LogP contribution is 2.29. The van der Waals surface area contributed by atoms with Crippen molar-refractivity contribution in [1.29, 1.82) is 0 Å². The molecule has 1 N–H and O–H groups in total. The van der Waals surface area contributed by atoms with Crippen molar-refractivity contribution in [2.75, 3.05) is 6.54 Å². The van der Waals surface area contributed by atoms with Crippen molar-refractivity contribution in [3.05, 3.63) is 59.9 Å². The molecule has 94 valence electrons. The molecule has 0 saturated carbocycles. The van der Waals surface area contributed by atoms with E-state index in [9.17, 15) is 4.39 Å². The number of benzene rings is 2. The van der Waals surface area contributed by atoms with Crippen LogP contribution in [0.1, 0.15) is 12.5 Å². The van der Waals surface area contributed by atoms with Crippen molar-refractivity contribution < 1.29 is 4.39 Å². The van der Waals surface area contributed by atoms with E-state index in [1.807, 2.05) is 49.4 Å². The van der Waals surface area contributed by atoms with Crippen molar-refractivity contribution in [3.63, 3.8) is 0 Å². The van der Waals surface area contributed by atoms with E-state index < -0.39 is 0 Å². The van der Waals surface area contributed by atoms with Gasteiger partial charge in [-0.25, -0.2) is 4.39 Å². The van der Waals surface area contributed by atoms with E-state index >= 15 is 0 Å². The highest BCUT2D eigenvalue weighted by molar-refractivity contribution is 7.99. The van der Waals surface area contributed by atoms with Crippen LogP contribution in [0.4, 0.5) is 4.39 Å². The molecule has 0 radical (unpaired) electrons. The zero-order valence-electron chi connectivity index (χ0n) is 10.3. The van der Waals surface area contributed by atoms with E-state index in [0.29, 0.717) is 11.4 Å². The summed E-state index contributed by atoms with van der Waals surface area (Å²) in [6.07, 6.45) is 0. The second kappa shape index (κ2) is 6.57. The maximum atomic E-state index is 13.9. The van der Waals surface area contributed by atoms with Gasteiger partial charge >= 0.3 is 0 Å². The number of nitrogens with one attached hydrogen (secondary N) is 1. The summed E-state index contributed by atoms with van der Waals surface area (Å²) >= 11 is 1.45. The van der Waals surface area contributed by atoms with Gasteiger partial charge in [0.25, 0.3) is 0 Å². The smallest absolute Gasteiger partial charge is 0.137 e. The lowest BCUT2D eigenvalue weighted by molar-refractivity contribution is 0.596. The molecule has 0 amide bonds. The Morgan fingerprint density at radius 2 is 1.89 bits per heavy atom.